The molecule has 4 heteroatoms. The Balaban J connectivity index is 0.000000490. The molecule has 0 spiro atoms. The highest BCUT2D eigenvalue weighted by Crippen LogP contribution is 2.00. The van der Waals surface area contributed by atoms with Gasteiger partial charge in [0.15, 0.2) is 0 Å². The maximum Gasteiger partial charge on any atom is 0.247 e. The van der Waals surface area contributed by atoms with E-state index in [1.165, 1.54) is 0 Å². The summed E-state index contributed by atoms with van der Waals surface area (Å²) in [6, 6.07) is 0. The molecule has 3 nitrogen and oxygen atoms in total. The van der Waals surface area contributed by atoms with E-state index in [9.17, 15) is 4.79 Å². The number of hydrogen-bond donors (Lipinski definition) is 1. The summed E-state index contributed by atoms with van der Waals surface area (Å²) in [6.45, 7) is 0. The van der Waals surface area contributed by atoms with Gasteiger partial charge in [0.25, 0.3) is 0 Å². The first-order valence-electron chi connectivity index (χ1n) is 2.15. The van der Waals surface area contributed by atoms with Crippen molar-refractivity contribution in [3.63, 3.8) is 0 Å². The third kappa shape index (κ3) is 1.50. The maximum atomic E-state index is 10.2. The van der Waals surface area contributed by atoms with Crippen LogP contribution < -0.4 is 5.73 Å². The van der Waals surface area contributed by atoms with Crippen LogP contribution in [0.15, 0.2) is 4.99 Å². The van der Waals surface area contributed by atoms with E-state index in [1.54, 1.807) is 0 Å². The van der Waals surface area contributed by atoms with Crippen molar-refractivity contribution in [1.29, 1.82) is 0 Å². The molecule has 0 aromatic carbocycles. The van der Waals surface area contributed by atoms with Gasteiger partial charge in [-0.1, -0.05) is 0 Å². The summed E-state index contributed by atoms with van der Waals surface area (Å²) in [5.74, 6) is 0.391. The quantitative estimate of drug-likeness (QED) is 0.510. The maximum absolute atomic E-state index is 10.2. The van der Waals surface area contributed by atoms with Crippen molar-refractivity contribution in [1.82, 2.24) is 0 Å². The Morgan fingerprint density at radius 1 is 1.50 bits per heavy atom. The van der Waals surface area contributed by atoms with Crippen molar-refractivity contribution in [3.8, 4) is 0 Å². The molecular weight excluding hydrogens is 128 g/mol. The van der Waals surface area contributed by atoms with Crippen molar-refractivity contribution >= 4 is 24.1 Å². The van der Waals surface area contributed by atoms with Gasteiger partial charge in [0, 0.05) is 12.8 Å². The van der Waals surface area contributed by atoms with Crippen LogP contribution in [0.25, 0.3) is 0 Å². The van der Waals surface area contributed by atoms with E-state index in [0.717, 1.165) is 0 Å². The highest BCUT2D eigenvalue weighted by atomic mass is 35.5. The van der Waals surface area contributed by atoms with Gasteiger partial charge in [0.05, 0.1) is 0 Å². The molecule has 1 heterocycles. The van der Waals surface area contributed by atoms with E-state index in [2.05, 4.69) is 4.99 Å². The van der Waals surface area contributed by atoms with E-state index in [-0.39, 0.29) is 18.3 Å². The van der Waals surface area contributed by atoms with Gasteiger partial charge in [0.2, 0.25) is 5.91 Å². The SMILES string of the molecule is Cl.NC1=NC(=O)CC1. The third-order valence-corrected chi connectivity index (χ3v) is 0.863. The minimum absolute atomic E-state index is 0. The molecule has 0 radical (unpaired) electrons. The van der Waals surface area contributed by atoms with Crippen LogP contribution in [0.4, 0.5) is 0 Å². The molecular formula is C4H7ClN2O. The van der Waals surface area contributed by atoms with Crippen LogP contribution in [0.3, 0.4) is 0 Å². The third-order valence-electron chi connectivity index (χ3n) is 0.863. The number of carbonyl (C=O) groups excluding carboxylic acids is 1. The fraction of sp³-hybridized carbons (Fsp3) is 0.500. The number of nitrogens with zero attached hydrogens (tertiary/aromatic N) is 1. The lowest BCUT2D eigenvalue weighted by Gasteiger charge is -1.76. The molecule has 0 atom stereocenters. The lowest BCUT2D eigenvalue weighted by Crippen LogP contribution is -2.05. The number of carbonyl (C=O) groups is 1. The highest BCUT2D eigenvalue weighted by molar-refractivity contribution is 6.00. The molecule has 0 saturated heterocycles. The number of aliphatic imine (C=N–C) groups is 1. The Hall–Kier alpha value is -0.570. The average molecular weight is 135 g/mol. The van der Waals surface area contributed by atoms with Crippen LogP contribution >= 0.6 is 12.4 Å². The van der Waals surface area contributed by atoms with Crippen molar-refractivity contribution in [2.75, 3.05) is 0 Å². The Labute approximate surface area is 53.4 Å². The van der Waals surface area contributed by atoms with E-state index in [1.807, 2.05) is 0 Å². The Bertz CT molecular complexity index is 132. The summed E-state index contributed by atoms with van der Waals surface area (Å²) in [7, 11) is 0. The molecule has 1 aliphatic heterocycles. The monoisotopic (exact) mass is 134 g/mol. The number of rotatable bonds is 0. The number of amides is 1. The average Bonchev–Trinajstić information content (AvgIpc) is 1.87. The molecule has 1 aliphatic rings. The lowest BCUT2D eigenvalue weighted by atomic mass is 10.3. The Morgan fingerprint density at radius 3 is 2.25 bits per heavy atom. The standard InChI is InChI=1S/C4H6N2O.ClH/c5-3-1-2-4(7)6-3;/h1-2H2,(H2,5,6,7);1H. The molecule has 1 rings (SSSR count). The topological polar surface area (TPSA) is 55.4 Å². The van der Waals surface area contributed by atoms with Gasteiger partial charge in [-0.15, -0.1) is 12.4 Å². The van der Waals surface area contributed by atoms with Gasteiger partial charge < -0.3 is 5.73 Å². The van der Waals surface area contributed by atoms with E-state index in [0.29, 0.717) is 18.7 Å². The second-order valence-corrected chi connectivity index (χ2v) is 1.50. The normalized spacial score (nSPS) is 17.5. The first-order valence-corrected chi connectivity index (χ1v) is 2.15. The predicted molar refractivity (Wildman–Crippen MR) is 33.1 cm³/mol. The molecule has 0 aliphatic carbocycles. The zero-order valence-corrected chi connectivity index (χ0v) is 5.07. The molecule has 0 unspecified atom stereocenters. The molecule has 46 valence electrons. The fourth-order valence-electron chi connectivity index (χ4n) is 0.507. The Morgan fingerprint density at radius 2 is 2.12 bits per heavy atom. The molecule has 0 aromatic rings. The van der Waals surface area contributed by atoms with Gasteiger partial charge in [-0.3, -0.25) is 4.79 Å². The number of hydrogen-bond acceptors (Lipinski definition) is 2. The first kappa shape index (κ1) is 7.43. The van der Waals surface area contributed by atoms with Crippen LogP contribution in [-0.4, -0.2) is 11.7 Å². The summed E-state index contributed by atoms with van der Waals surface area (Å²) in [6.07, 6.45) is 1.16. The molecule has 1 amide bonds. The van der Waals surface area contributed by atoms with E-state index in [4.69, 9.17) is 5.73 Å². The second-order valence-electron chi connectivity index (χ2n) is 1.50. The molecule has 0 bridgehead atoms. The second kappa shape index (κ2) is 2.67. The molecule has 0 saturated carbocycles. The molecule has 0 fully saturated rings. The van der Waals surface area contributed by atoms with Crippen molar-refractivity contribution < 1.29 is 4.79 Å². The summed E-state index contributed by atoms with van der Waals surface area (Å²) < 4.78 is 0. The summed E-state index contributed by atoms with van der Waals surface area (Å²) >= 11 is 0. The zero-order valence-electron chi connectivity index (χ0n) is 4.26. The largest absolute Gasteiger partial charge is 0.387 e. The predicted octanol–water partition coefficient (Wildman–Crippen LogP) is 0.0858. The first-order chi connectivity index (χ1) is 3.29. The van der Waals surface area contributed by atoms with E-state index < -0.39 is 0 Å². The zero-order chi connectivity index (χ0) is 5.28. The molecule has 2 N–H and O–H groups in total. The van der Waals surface area contributed by atoms with Crippen molar-refractivity contribution in [2.24, 2.45) is 10.7 Å². The summed E-state index contributed by atoms with van der Waals surface area (Å²) in [5.41, 5.74) is 5.15. The number of amidine groups is 1. The van der Waals surface area contributed by atoms with Crippen LogP contribution in [0.1, 0.15) is 12.8 Å². The van der Waals surface area contributed by atoms with Crippen LogP contribution in [0, 0.1) is 0 Å². The van der Waals surface area contributed by atoms with Crippen molar-refractivity contribution in [3.05, 3.63) is 0 Å². The minimum atomic E-state index is -0.0856. The van der Waals surface area contributed by atoms with E-state index >= 15 is 0 Å². The van der Waals surface area contributed by atoms with Gasteiger partial charge in [-0.25, -0.2) is 4.99 Å². The molecule has 8 heavy (non-hydrogen) atoms. The van der Waals surface area contributed by atoms with Gasteiger partial charge in [-0.05, 0) is 0 Å². The smallest absolute Gasteiger partial charge is 0.247 e. The molecule has 0 aromatic heterocycles. The van der Waals surface area contributed by atoms with Gasteiger partial charge in [0.1, 0.15) is 5.84 Å². The van der Waals surface area contributed by atoms with Crippen LogP contribution in [0.2, 0.25) is 0 Å². The van der Waals surface area contributed by atoms with Crippen LogP contribution in [-0.2, 0) is 4.79 Å². The lowest BCUT2D eigenvalue weighted by molar-refractivity contribution is -0.117. The summed E-state index contributed by atoms with van der Waals surface area (Å²) in [5, 5.41) is 0. The number of halogens is 1. The number of nitrogens with two attached hydrogens (primary N) is 1. The highest BCUT2D eigenvalue weighted by Gasteiger charge is 2.08. The summed E-state index contributed by atoms with van der Waals surface area (Å²) in [4.78, 5) is 13.6. The minimum Gasteiger partial charge on any atom is -0.387 e. The van der Waals surface area contributed by atoms with Gasteiger partial charge in [-0.2, -0.15) is 0 Å². The van der Waals surface area contributed by atoms with Crippen LogP contribution in [0.5, 0.6) is 0 Å². The van der Waals surface area contributed by atoms with Gasteiger partial charge >= 0.3 is 0 Å². The Kier molecular flexibility index (Phi) is 2.48. The fourth-order valence-corrected chi connectivity index (χ4v) is 0.507. The van der Waals surface area contributed by atoms with Crippen molar-refractivity contribution in [2.45, 2.75) is 12.8 Å².